The van der Waals surface area contributed by atoms with Crippen LogP contribution >= 0.6 is 11.3 Å². The third-order valence-corrected chi connectivity index (χ3v) is 9.00. The van der Waals surface area contributed by atoms with Crippen LogP contribution in [0.1, 0.15) is 65.1 Å². The van der Waals surface area contributed by atoms with Crippen LogP contribution in [0.4, 0.5) is 5.69 Å². The molecule has 1 aromatic carbocycles. The highest BCUT2D eigenvalue weighted by Crippen LogP contribution is 2.35. The molecule has 0 saturated carbocycles. The summed E-state index contributed by atoms with van der Waals surface area (Å²) in [4.78, 5) is 61.3. The van der Waals surface area contributed by atoms with Gasteiger partial charge in [-0.15, -0.1) is 11.3 Å². The number of anilines is 1. The Morgan fingerprint density at radius 1 is 0.947 bits per heavy atom. The quantitative estimate of drug-likeness (QED) is 0.502. The molecule has 202 valence electrons. The van der Waals surface area contributed by atoms with Crippen molar-refractivity contribution in [2.45, 2.75) is 46.1 Å². The molecule has 2 fully saturated rings. The Balaban J connectivity index is 1.30. The maximum absolute atomic E-state index is 13.6. The van der Waals surface area contributed by atoms with Crippen molar-refractivity contribution in [1.82, 2.24) is 14.7 Å². The lowest BCUT2D eigenvalue weighted by atomic mass is 9.91. The first-order valence-corrected chi connectivity index (χ1v) is 14.6. The molecule has 8 nitrogen and oxygen atoms in total. The molecule has 4 heterocycles. The normalized spacial score (nSPS) is 21.6. The number of hydrogen-bond donors (Lipinski definition) is 0. The van der Waals surface area contributed by atoms with Crippen molar-refractivity contribution in [3.8, 4) is 0 Å². The Kier molecular flexibility index (Phi) is 7.83. The van der Waals surface area contributed by atoms with Crippen molar-refractivity contribution in [2.24, 2.45) is 11.8 Å². The number of carbonyl (C=O) groups excluding carboxylic acids is 4. The minimum atomic E-state index is -0.267. The summed E-state index contributed by atoms with van der Waals surface area (Å²) in [5, 5.41) is 1.94. The zero-order chi connectivity index (χ0) is 26.8. The van der Waals surface area contributed by atoms with Crippen LogP contribution in [0.5, 0.6) is 0 Å². The molecule has 0 bridgehead atoms. The Morgan fingerprint density at radius 3 is 2.45 bits per heavy atom. The van der Waals surface area contributed by atoms with Gasteiger partial charge in [0.25, 0.3) is 11.8 Å². The molecular weight excluding hydrogens is 500 g/mol. The Morgan fingerprint density at radius 2 is 1.71 bits per heavy atom. The molecule has 9 heteroatoms. The number of piperidine rings is 2. The molecule has 0 unspecified atom stereocenters. The largest absolute Gasteiger partial charge is 0.370 e. The van der Waals surface area contributed by atoms with E-state index in [1.54, 1.807) is 6.07 Å². The summed E-state index contributed by atoms with van der Waals surface area (Å²) in [6.45, 7) is 8.03. The first-order valence-electron chi connectivity index (χ1n) is 13.8. The third-order valence-electron chi connectivity index (χ3n) is 8.14. The molecule has 3 aliphatic rings. The highest BCUT2D eigenvalue weighted by molar-refractivity contribution is 7.09. The van der Waals surface area contributed by atoms with Crippen LogP contribution in [0.15, 0.2) is 35.7 Å². The first kappa shape index (κ1) is 26.4. The number of likely N-dealkylation sites (tertiary alicyclic amines) is 1. The first-order chi connectivity index (χ1) is 18.4. The molecule has 0 radical (unpaired) electrons. The third kappa shape index (κ3) is 4.96. The fourth-order valence-electron chi connectivity index (χ4n) is 6.11. The van der Waals surface area contributed by atoms with Gasteiger partial charge in [0.15, 0.2) is 0 Å². The van der Waals surface area contributed by atoms with E-state index in [2.05, 4.69) is 4.90 Å². The van der Waals surface area contributed by atoms with Crippen molar-refractivity contribution in [3.63, 3.8) is 0 Å². The summed E-state index contributed by atoms with van der Waals surface area (Å²) in [7, 11) is 0. The van der Waals surface area contributed by atoms with Crippen LogP contribution in [0.25, 0.3) is 0 Å². The molecule has 0 spiro atoms. The molecule has 5 rings (SSSR count). The SMILES string of the molecule is CCN(CC)C(=O)[C@H]1CCCN(C(=O)[C@H]2CCCN(c3cccc4c3C(=O)N(Cc3cccs3)C4=O)C2)C1. The summed E-state index contributed by atoms with van der Waals surface area (Å²) >= 11 is 1.53. The summed E-state index contributed by atoms with van der Waals surface area (Å²) in [5.74, 6) is -0.619. The van der Waals surface area contributed by atoms with Gasteiger partial charge in [-0.2, -0.15) is 0 Å². The van der Waals surface area contributed by atoms with Crippen molar-refractivity contribution in [3.05, 3.63) is 51.7 Å². The van der Waals surface area contributed by atoms with Gasteiger partial charge in [-0.3, -0.25) is 24.1 Å². The number of carbonyl (C=O) groups is 4. The number of amides is 4. The smallest absolute Gasteiger partial charge is 0.264 e. The monoisotopic (exact) mass is 536 g/mol. The van der Waals surface area contributed by atoms with Gasteiger partial charge >= 0.3 is 0 Å². The summed E-state index contributed by atoms with van der Waals surface area (Å²) < 4.78 is 0. The summed E-state index contributed by atoms with van der Waals surface area (Å²) in [5.41, 5.74) is 1.62. The fourth-order valence-corrected chi connectivity index (χ4v) is 6.80. The lowest BCUT2D eigenvalue weighted by Gasteiger charge is -2.39. The molecular formula is C29H36N4O4S. The van der Waals surface area contributed by atoms with Crippen LogP contribution in [0.3, 0.4) is 0 Å². The predicted molar refractivity (Wildman–Crippen MR) is 147 cm³/mol. The molecule has 3 aliphatic heterocycles. The van der Waals surface area contributed by atoms with Gasteiger partial charge < -0.3 is 14.7 Å². The van der Waals surface area contributed by atoms with Crippen molar-refractivity contribution in [2.75, 3.05) is 44.2 Å². The molecule has 2 saturated heterocycles. The van der Waals surface area contributed by atoms with Gasteiger partial charge in [-0.05, 0) is 63.1 Å². The van der Waals surface area contributed by atoms with Crippen molar-refractivity contribution < 1.29 is 19.2 Å². The van der Waals surface area contributed by atoms with Crippen molar-refractivity contribution >= 4 is 40.7 Å². The van der Waals surface area contributed by atoms with E-state index < -0.39 is 0 Å². The summed E-state index contributed by atoms with van der Waals surface area (Å²) in [6.07, 6.45) is 3.27. The van der Waals surface area contributed by atoms with Crippen molar-refractivity contribution in [1.29, 1.82) is 0 Å². The van der Waals surface area contributed by atoms with Crippen LogP contribution in [-0.2, 0) is 16.1 Å². The van der Waals surface area contributed by atoms with Crippen LogP contribution in [0, 0.1) is 11.8 Å². The number of hydrogen-bond acceptors (Lipinski definition) is 6. The number of nitrogens with zero attached hydrogens (tertiary/aromatic N) is 4. The van der Waals surface area contributed by atoms with Gasteiger partial charge in [0.1, 0.15) is 0 Å². The lowest BCUT2D eigenvalue weighted by Crippen LogP contribution is -2.50. The van der Waals surface area contributed by atoms with Crippen LogP contribution < -0.4 is 4.90 Å². The number of imide groups is 1. The molecule has 4 amide bonds. The second-order valence-electron chi connectivity index (χ2n) is 10.4. The van der Waals surface area contributed by atoms with E-state index >= 15 is 0 Å². The molecule has 2 aromatic rings. The zero-order valence-electron chi connectivity index (χ0n) is 22.2. The van der Waals surface area contributed by atoms with Gasteiger partial charge in [-0.25, -0.2) is 0 Å². The average molecular weight is 537 g/mol. The van der Waals surface area contributed by atoms with Gasteiger partial charge in [0.05, 0.1) is 35.2 Å². The highest BCUT2D eigenvalue weighted by atomic mass is 32.1. The van der Waals surface area contributed by atoms with Crippen LogP contribution in [0.2, 0.25) is 0 Å². The second-order valence-corrected chi connectivity index (χ2v) is 11.4. The number of fused-ring (bicyclic) bond motifs is 1. The second kappa shape index (κ2) is 11.3. The van der Waals surface area contributed by atoms with E-state index in [4.69, 9.17) is 0 Å². The maximum Gasteiger partial charge on any atom is 0.264 e. The van der Waals surface area contributed by atoms with E-state index in [-0.39, 0.29) is 42.0 Å². The zero-order valence-corrected chi connectivity index (χ0v) is 23.0. The molecule has 2 atom stereocenters. The number of benzene rings is 1. The maximum atomic E-state index is 13.6. The molecule has 0 aliphatic carbocycles. The predicted octanol–water partition coefficient (Wildman–Crippen LogP) is 3.87. The Bertz CT molecular complexity index is 1210. The van der Waals surface area contributed by atoms with E-state index in [0.29, 0.717) is 43.9 Å². The van der Waals surface area contributed by atoms with Gasteiger partial charge in [0, 0.05) is 44.1 Å². The van der Waals surface area contributed by atoms with Gasteiger partial charge in [0.2, 0.25) is 11.8 Å². The van der Waals surface area contributed by atoms with E-state index in [9.17, 15) is 19.2 Å². The van der Waals surface area contributed by atoms with E-state index in [0.717, 1.165) is 42.8 Å². The highest BCUT2D eigenvalue weighted by Gasteiger charge is 2.40. The Labute approximate surface area is 228 Å². The summed E-state index contributed by atoms with van der Waals surface area (Å²) in [6, 6.07) is 9.29. The number of rotatable bonds is 7. The van der Waals surface area contributed by atoms with Gasteiger partial charge in [-0.1, -0.05) is 12.1 Å². The average Bonchev–Trinajstić information content (AvgIpc) is 3.56. The van der Waals surface area contributed by atoms with E-state index in [1.807, 2.05) is 53.3 Å². The molecule has 0 N–H and O–H groups in total. The standard InChI is InChI=1S/C29H36N4O4S/c1-3-30(4-2)26(34)21-10-7-15-32(18-21)27(35)20-9-6-14-31(17-20)24-13-5-12-23-25(24)29(37)33(28(23)36)19-22-11-8-16-38-22/h5,8,11-13,16,20-21H,3-4,6-7,9-10,14-15,17-19H2,1-2H3/t20-,21-/m0/s1. The number of thiophene rings is 1. The van der Waals surface area contributed by atoms with Crippen LogP contribution in [-0.4, -0.2) is 77.6 Å². The lowest BCUT2D eigenvalue weighted by molar-refractivity contribution is -0.142. The van der Waals surface area contributed by atoms with E-state index in [1.165, 1.54) is 16.2 Å². The minimum Gasteiger partial charge on any atom is -0.370 e. The fraction of sp³-hybridized carbons (Fsp3) is 0.517. The minimum absolute atomic E-state index is 0.0982. The topological polar surface area (TPSA) is 81.2 Å². The molecule has 38 heavy (non-hydrogen) atoms. The molecule has 1 aromatic heterocycles. The Hall–Kier alpha value is -3.20.